The minimum atomic E-state index is -0.122. The standard InChI is InChI=1S/C24H28N2O2S/c1-4-26(16-19-9-13-21(28-3)14-10-19)17-23(27)25-24(22-6-5-15-29-22)20-11-7-18(2)8-12-20/h5-15,24H,4,16-17H2,1-3H3,(H,25,27). The van der Waals surface area contributed by atoms with Crippen LogP contribution in [0.4, 0.5) is 0 Å². The van der Waals surface area contributed by atoms with E-state index < -0.39 is 0 Å². The van der Waals surface area contributed by atoms with E-state index in [9.17, 15) is 4.79 Å². The number of rotatable bonds is 9. The molecule has 0 radical (unpaired) electrons. The van der Waals surface area contributed by atoms with Crippen LogP contribution in [0.15, 0.2) is 66.0 Å². The number of aryl methyl sites for hydroxylation is 1. The number of nitrogens with zero attached hydrogens (tertiary/aromatic N) is 1. The molecule has 0 fully saturated rings. The van der Waals surface area contributed by atoms with Crippen molar-refractivity contribution in [1.82, 2.24) is 10.2 Å². The molecule has 0 spiro atoms. The van der Waals surface area contributed by atoms with Gasteiger partial charge in [0.2, 0.25) is 5.91 Å². The lowest BCUT2D eigenvalue weighted by molar-refractivity contribution is -0.122. The van der Waals surface area contributed by atoms with Gasteiger partial charge in [-0.2, -0.15) is 0 Å². The number of likely N-dealkylation sites (N-methyl/N-ethyl adjacent to an activating group) is 1. The van der Waals surface area contributed by atoms with Crippen molar-refractivity contribution in [2.45, 2.75) is 26.4 Å². The highest BCUT2D eigenvalue weighted by Gasteiger charge is 2.19. The van der Waals surface area contributed by atoms with Gasteiger partial charge in [0.05, 0.1) is 19.7 Å². The fourth-order valence-corrected chi connectivity index (χ4v) is 4.01. The molecule has 4 nitrogen and oxygen atoms in total. The average molecular weight is 409 g/mol. The second kappa shape index (κ2) is 10.2. The Labute approximate surface area is 177 Å². The summed E-state index contributed by atoms with van der Waals surface area (Å²) in [6.07, 6.45) is 0. The van der Waals surface area contributed by atoms with Crippen LogP contribution in [0.25, 0.3) is 0 Å². The number of benzene rings is 2. The molecule has 1 heterocycles. The van der Waals surface area contributed by atoms with Crippen molar-refractivity contribution >= 4 is 17.2 Å². The number of methoxy groups -OCH3 is 1. The highest BCUT2D eigenvalue weighted by Crippen LogP contribution is 2.26. The van der Waals surface area contributed by atoms with Crippen LogP contribution in [-0.4, -0.2) is 31.0 Å². The molecule has 0 saturated carbocycles. The number of amides is 1. The van der Waals surface area contributed by atoms with E-state index in [1.165, 1.54) is 5.56 Å². The summed E-state index contributed by atoms with van der Waals surface area (Å²) < 4.78 is 5.22. The first kappa shape index (κ1) is 21.1. The van der Waals surface area contributed by atoms with E-state index >= 15 is 0 Å². The summed E-state index contributed by atoms with van der Waals surface area (Å²) in [4.78, 5) is 16.2. The zero-order valence-electron chi connectivity index (χ0n) is 17.2. The van der Waals surface area contributed by atoms with Crippen molar-refractivity contribution in [2.75, 3.05) is 20.2 Å². The maximum Gasteiger partial charge on any atom is 0.234 e. The molecule has 3 aromatic rings. The predicted octanol–water partition coefficient (Wildman–Crippen LogP) is 4.79. The number of thiophene rings is 1. The first-order chi connectivity index (χ1) is 14.1. The summed E-state index contributed by atoms with van der Waals surface area (Å²) in [6.45, 7) is 6.03. The summed E-state index contributed by atoms with van der Waals surface area (Å²) in [5, 5.41) is 5.28. The number of carbonyl (C=O) groups is 1. The van der Waals surface area contributed by atoms with E-state index in [0.717, 1.165) is 34.8 Å². The molecule has 1 unspecified atom stereocenters. The molecule has 1 aromatic heterocycles. The predicted molar refractivity (Wildman–Crippen MR) is 119 cm³/mol. The van der Waals surface area contributed by atoms with E-state index in [-0.39, 0.29) is 11.9 Å². The molecule has 5 heteroatoms. The Morgan fingerprint density at radius 3 is 2.41 bits per heavy atom. The second-order valence-electron chi connectivity index (χ2n) is 7.08. The minimum Gasteiger partial charge on any atom is -0.497 e. The molecule has 0 bridgehead atoms. The molecular weight excluding hydrogens is 380 g/mol. The summed E-state index contributed by atoms with van der Waals surface area (Å²) in [5.41, 5.74) is 3.47. The number of carbonyl (C=O) groups excluding carboxylic acids is 1. The zero-order valence-corrected chi connectivity index (χ0v) is 18.0. The Kier molecular flexibility index (Phi) is 7.44. The highest BCUT2D eigenvalue weighted by atomic mass is 32.1. The monoisotopic (exact) mass is 408 g/mol. The Hall–Kier alpha value is -2.63. The van der Waals surface area contributed by atoms with Crippen molar-refractivity contribution in [1.29, 1.82) is 0 Å². The molecule has 1 amide bonds. The lowest BCUT2D eigenvalue weighted by atomic mass is 10.0. The largest absolute Gasteiger partial charge is 0.497 e. The molecule has 0 aliphatic rings. The van der Waals surface area contributed by atoms with Gasteiger partial charge in [0.25, 0.3) is 0 Å². The van der Waals surface area contributed by atoms with Crippen molar-refractivity contribution in [3.63, 3.8) is 0 Å². The quantitative estimate of drug-likeness (QED) is 0.553. The van der Waals surface area contributed by atoms with Gasteiger partial charge >= 0.3 is 0 Å². The van der Waals surface area contributed by atoms with Crippen LogP contribution in [0.5, 0.6) is 5.75 Å². The summed E-state index contributed by atoms with van der Waals surface area (Å²) in [6, 6.07) is 20.3. The van der Waals surface area contributed by atoms with E-state index in [0.29, 0.717) is 6.54 Å². The van der Waals surface area contributed by atoms with Crippen molar-refractivity contribution in [3.05, 3.63) is 87.6 Å². The Morgan fingerprint density at radius 1 is 1.10 bits per heavy atom. The summed E-state index contributed by atoms with van der Waals surface area (Å²) >= 11 is 1.66. The smallest absolute Gasteiger partial charge is 0.234 e. The Morgan fingerprint density at radius 2 is 1.83 bits per heavy atom. The number of ether oxygens (including phenoxy) is 1. The first-order valence-corrected chi connectivity index (χ1v) is 10.7. The van der Waals surface area contributed by atoms with Crippen LogP contribution in [0.1, 0.15) is 34.5 Å². The van der Waals surface area contributed by atoms with Crippen LogP contribution in [-0.2, 0) is 11.3 Å². The summed E-state index contributed by atoms with van der Waals surface area (Å²) in [7, 11) is 1.66. The Bertz CT molecular complexity index is 890. The normalized spacial score (nSPS) is 12.0. The van der Waals surface area contributed by atoms with E-state index in [1.54, 1.807) is 18.4 Å². The number of hydrogen-bond donors (Lipinski definition) is 1. The molecule has 0 aliphatic heterocycles. The van der Waals surface area contributed by atoms with Crippen LogP contribution in [0.3, 0.4) is 0 Å². The van der Waals surface area contributed by atoms with E-state index in [4.69, 9.17) is 4.74 Å². The van der Waals surface area contributed by atoms with Crippen LogP contribution in [0, 0.1) is 6.92 Å². The topological polar surface area (TPSA) is 41.6 Å². The van der Waals surface area contributed by atoms with E-state index in [1.807, 2.05) is 35.7 Å². The molecule has 0 aliphatic carbocycles. The molecule has 29 heavy (non-hydrogen) atoms. The third kappa shape index (κ3) is 5.92. The van der Waals surface area contributed by atoms with Gasteiger partial charge in [0, 0.05) is 11.4 Å². The van der Waals surface area contributed by atoms with Gasteiger partial charge < -0.3 is 10.1 Å². The van der Waals surface area contributed by atoms with Crippen LogP contribution >= 0.6 is 11.3 Å². The molecular formula is C24H28N2O2S. The van der Waals surface area contributed by atoms with Gasteiger partial charge in [0.1, 0.15) is 5.75 Å². The second-order valence-corrected chi connectivity index (χ2v) is 8.06. The van der Waals surface area contributed by atoms with Crippen LogP contribution in [0.2, 0.25) is 0 Å². The average Bonchev–Trinajstić information content (AvgIpc) is 3.27. The first-order valence-electron chi connectivity index (χ1n) is 9.83. The van der Waals surface area contributed by atoms with Gasteiger partial charge in [-0.05, 0) is 48.2 Å². The molecule has 0 saturated heterocycles. The highest BCUT2D eigenvalue weighted by molar-refractivity contribution is 7.10. The third-order valence-corrected chi connectivity index (χ3v) is 5.86. The third-order valence-electron chi connectivity index (χ3n) is 4.92. The summed E-state index contributed by atoms with van der Waals surface area (Å²) in [5.74, 6) is 0.866. The fraction of sp³-hybridized carbons (Fsp3) is 0.292. The van der Waals surface area contributed by atoms with Gasteiger partial charge in [-0.3, -0.25) is 9.69 Å². The molecule has 3 rings (SSSR count). The van der Waals surface area contributed by atoms with Crippen molar-refractivity contribution in [2.24, 2.45) is 0 Å². The lowest BCUT2D eigenvalue weighted by Gasteiger charge is -2.23. The SMILES string of the molecule is CCN(CC(=O)NC(c1ccc(C)cc1)c1cccs1)Cc1ccc(OC)cc1. The van der Waals surface area contributed by atoms with Gasteiger partial charge in [-0.1, -0.05) is 55.0 Å². The van der Waals surface area contributed by atoms with Crippen LogP contribution < -0.4 is 10.1 Å². The minimum absolute atomic E-state index is 0.0272. The maximum atomic E-state index is 12.9. The van der Waals surface area contributed by atoms with E-state index in [2.05, 4.69) is 54.4 Å². The molecule has 1 N–H and O–H groups in total. The Balaban J connectivity index is 1.67. The number of hydrogen-bond acceptors (Lipinski definition) is 4. The van der Waals surface area contributed by atoms with Gasteiger partial charge in [-0.15, -0.1) is 11.3 Å². The zero-order chi connectivity index (χ0) is 20.6. The van der Waals surface area contributed by atoms with Crippen molar-refractivity contribution in [3.8, 4) is 5.75 Å². The van der Waals surface area contributed by atoms with Gasteiger partial charge in [0.15, 0.2) is 0 Å². The van der Waals surface area contributed by atoms with Crippen molar-refractivity contribution < 1.29 is 9.53 Å². The molecule has 152 valence electrons. The molecule has 2 aromatic carbocycles. The molecule has 1 atom stereocenters. The maximum absolute atomic E-state index is 12.9. The fourth-order valence-electron chi connectivity index (χ4n) is 3.21. The number of nitrogens with one attached hydrogen (secondary N) is 1. The lowest BCUT2D eigenvalue weighted by Crippen LogP contribution is -2.38. The van der Waals surface area contributed by atoms with Gasteiger partial charge in [-0.25, -0.2) is 0 Å².